The largest absolute Gasteiger partial charge is 0.373 e. The highest BCUT2D eigenvalue weighted by Crippen LogP contribution is 2.24. The molecule has 9 nitrogen and oxygen atoms in total. The van der Waals surface area contributed by atoms with E-state index in [1.165, 1.54) is 32.1 Å². The van der Waals surface area contributed by atoms with E-state index in [0.717, 1.165) is 28.9 Å². The minimum atomic E-state index is -0.962. The van der Waals surface area contributed by atoms with Crippen molar-refractivity contribution in [3.8, 4) is 0 Å². The Balaban J connectivity index is 1.22. The van der Waals surface area contributed by atoms with E-state index < -0.39 is 6.23 Å². The van der Waals surface area contributed by atoms with Crippen molar-refractivity contribution < 1.29 is 9.90 Å². The van der Waals surface area contributed by atoms with Crippen LogP contribution in [0.4, 0.5) is 0 Å². The third-order valence-electron chi connectivity index (χ3n) is 6.62. The van der Waals surface area contributed by atoms with Crippen LogP contribution in [0, 0.1) is 5.92 Å². The summed E-state index contributed by atoms with van der Waals surface area (Å²) < 4.78 is 3.61. The van der Waals surface area contributed by atoms with Gasteiger partial charge in [0.05, 0.1) is 5.52 Å². The number of fused-ring (bicyclic) bond motifs is 2. The number of rotatable bonds is 9. The van der Waals surface area contributed by atoms with Gasteiger partial charge in [0.25, 0.3) is 0 Å². The van der Waals surface area contributed by atoms with Gasteiger partial charge in [0, 0.05) is 31.1 Å². The molecule has 0 saturated heterocycles. The molecule has 3 N–H and O–H groups in total. The molecular formula is C25H31N7O2. The number of nitrogens with zero attached hydrogens (tertiary/aromatic N) is 5. The molecule has 0 bridgehead atoms. The zero-order chi connectivity index (χ0) is 23.3. The normalized spacial score (nSPS) is 15.7. The minimum Gasteiger partial charge on any atom is -0.373 e. The lowest BCUT2D eigenvalue weighted by atomic mass is 9.89. The maximum atomic E-state index is 12.6. The summed E-state index contributed by atoms with van der Waals surface area (Å²) in [7, 11) is 0. The standard InChI is InChI=1S/C25H31N7O2/c33-23(27-16-18-8-2-1-3-9-18)17-32-20-11-5-4-10-19(20)24(30-32)25(34)26-14-13-22-29-28-21-12-6-7-15-31(21)22/h4-7,10-12,15,18,25-26,34H,1-3,8-9,13-14,16-17H2,(H,27,33). The highest BCUT2D eigenvalue weighted by atomic mass is 16.3. The number of amides is 1. The lowest BCUT2D eigenvalue weighted by molar-refractivity contribution is -0.122. The van der Waals surface area contributed by atoms with Crippen LogP contribution < -0.4 is 10.6 Å². The Hall–Kier alpha value is -3.30. The summed E-state index contributed by atoms with van der Waals surface area (Å²) >= 11 is 0. The van der Waals surface area contributed by atoms with E-state index in [-0.39, 0.29) is 12.5 Å². The number of carbonyl (C=O) groups is 1. The average molecular weight is 462 g/mol. The van der Waals surface area contributed by atoms with E-state index in [0.29, 0.717) is 24.6 Å². The van der Waals surface area contributed by atoms with Gasteiger partial charge < -0.3 is 10.4 Å². The van der Waals surface area contributed by atoms with E-state index in [4.69, 9.17) is 0 Å². The smallest absolute Gasteiger partial charge is 0.241 e. The lowest BCUT2D eigenvalue weighted by Crippen LogP contribution is -2.33. The van der Waals surface area contributed by atoms with Crippen LogP contribution in [0.2, 0.25) is 0 Å². The Morgan fingerprint density at radius 1 is 1.09 bits per heavy atom. The zero-order valence-electron chi connectivity index (χ0n) is 19.2. The van der Waals surface area contributed by atoms with Crippen LogP contribution in [0.5, 0.6) is 0 Å². The van der Waals surface area contributed by atoms with Crippen LogP contribution in [0.25, 0.3) is 16.6 Å². The SMILES string of the molecule is O=C(Cn1nc(C(O)NCCc2nnc3ccccn23)c2ccccc21)NCC1CCCCC1. The first-order valence-corrected chi connectivity index (χ1v) is 12.1. The van der Waals surface area contributed by atoms with Gasteiger partial charge in [-0.3, -0.25) is 19.2 Å². The van der Waals surface area contributed by atoms with Crippen LogP contribution in [0.3, 0.4) is 0 Å². The predicted octanol–water partition coefficient (Wildman–Crippen LogP) is 2.60. The second-order valence-corrected chi connectivity index (χ2v) is 9.02. The van der Waals surface area contributed by atoms with Crippen molar-refractivity contribution in [1.82, 2.24) is 35.0 Å². The van der Waals surface area contributed by atoms with Gasteiger partial charge in [0.15, 0.2) is 11.9 Å². The van der Waals surface area contributed by atoms with Gasteiger partial charge in [-0.1, -0.05) is 43.5 Å². The predicted molar refractivity (Wildman–Crippen MR) is 129 cm³/mol. The van der Waals surface area contributed by atoms with Crippen LogP contribution in [-0.2, 0) is 17.8 Å². The molecule has 1 atom stereocenters. The second-order valence-electron chi connectivity index (χ2n) is 9.02. The van der Waals surface area contributed by atoms with Crippen molar-refractivity contribution >= 4 is 22.5 Å². The van der Waals surface area contributed by atoms with Crippen LogP contribution in [0.15, 0.2) is 48.7 Å². The fraction of sp³-hybridized carbons (Fsp3) is 0.440. The quantitative estimate of drug-likeness (QED) is 0.331. The number of aromatic nitrogens is 5. The number of nitrogens with one attached hydrogen (secondary N) is 2. The molecule has 3 heterocycles. The summed E-state index contributed by atoms with van der Waals surface area (Å²) in [4.78, 5) is 12.6. The Kier molecular flexibility index (Phi) is 6.82. The number of pyridine rings is 1. The van der Waals surface area contributed by atoms with Crippen molar-refractivity contribution in [2.24, 2.45) is 5.92 Å². The molecule has 1 aromatic carbocycles. The molecule has 1 fully saturated rings. The monoisotopic (exact) mass is 461 g/mol. The van der Waals surface area contributed by atoms with Crippen molar-refractivity contribution in [2.75, 3.05) is 13.1 Å². The molecular weight excluding hydrogens is 430 g/mol. The van der Waals surface area contributed by atoms with Crippen molar-refractivity contribution in [1.29, 1.82) is 0 Å². The minimum absolute atomic E-state index is 0.0495. The Morgan fingerprint density at radius 3 is 2.79 bits per heavy atom. The number of carbonyl (C=O) groups excluding carboxylic acids is 1. The summed E-state index contributed by atoms with van der Waals surface area (Å²) in [6, 6.07) is 13.4. The molecule has 1 amide bonds. The van der Waals surface area contributed by atoms with Gasteiger partial charge in [-0.05, 0) is 37.0 Å². The number of aliphatic hydroxyl groups is 1. The average Bonchev–Trinajstić information content (AvgIpc) is 3.45. The molecule has 9 heteroatoms. The summed E-state index contributed by atoms with van der Waals surface area (Å²) in [5.74, 6) is 1.35. The first kappa shape index (κ1) is 22.5. The lowest BCUT2D eigenvalue weighted by Gasteiger charge is -2.21. The van der Waals surface area contributed by atoms with E-state index >= 15 is 0 Å². The van der Waals surface area contributed by atoms with E-state index in [1.807, 2.05) is 53.1 Å². The highest BCUT2D eigenvalue weighted by Gasteiger charge is 2.20. The van der Waals surface area contributed by atoms with Crippen molar-refractivity contribution in [3.05, 3.63) is 60.2 Å². The van der Waals surface area contributed by atoms with Crippen molar-refractivity contribution in [2.45, 2.75) is 51.3 Å². The molecule has 0 aliphatic heterocycles. The molecule has 1 aliphatic carbocycles. The van der Waals surface area contributed by atoms with E-state index in [9.17, 15) is 9.90 Å². The van der Waals surface area contributed by atoms with Crippen molar-refractivity contribution in [3.63, 3.8) is 0 Å². The molecule has 1 aliphatic rings. The number of benzene rings is 1. The first-order chi connectivity index (χ1) is 16.7. The van der Waals surface area contributed by atoms with Gasteiger partial charge >= 0.3 is 0 Å². The third-order valence-corrected chi connectivity index (χ3v) is 6.62. The number of hydrogen-bond donors (Lipinski definition) is 3. The molecule has 0 radical (unpaired) electrons. The topological polar surface area (TPSA) is 109 Å². The zero-order valence-corrected chi connectivity index (χ0v) is 19.2. The number of aliphatic hydroxyl groups excluding tert-OH is 1. The molecule has 1 unspecified atom stereocenters. The summed E-state index contributed by atoms with van der Waals surface area (Å²) in [5, 5.41) is 30.9. The number of hydrogen-bond acceptors (Lipinski definition) is 6. The molecule has 3 aromatic heterocycles. The van der Waals surface area contributed by atoms with Crippen LogP contribution in [0.1, 0.15) is 49.9 Å². The molecule has 5 rings (SSSR count). The summed E-state index contributed by atoms with van der Waals surface area (Å²) in [6.45, 7) is 1.36. The Labute approximate surface area is 198 Å². The van der Waals surface area contributed by atoms with E-state index in [2.05, 4.69) is 25.9 Å². The van der Waals surface area contributed by atoms with Gasteiger partial charge in [-0.25, -0.2) is 0 Å². The molecule has 178 valence electrons. The number of para-hydroxylation sites is 1. The van der Waals surface area contributed by atoms with Crippen LogP contribution >= 0.6 is 0 Å². The van der Waals surface area contributed by atoms with E-state index in [1.54, 1.807) is 4.68 Å². The third kappa shape index (κ3) is 4.95. The molecule has 34 heavy (non-hydrogen) atoms. The van der Waals surface area contributed by atoms with Crippen LogP contribution in [-0.4, -0.2) is 48.5 Å². The maximum absolute atomic E-state index is 12.6. The molecule has 1 saturated carbocycles. The maximum Gasteiger partial charge on any atom is 0.241 e. The highest BCUT2D eigenvalue weighted by molar-refractivity contribution is 5.84. The summed E-state index contributed by atoms with van der Waals surface area (Å²) in [6.07, 6.45) is 7.77. The van der Waals surface area contributed by atoms with Gasteiger partial charge in [0.2, 0.25) is 5.91 Å². The Morgan fingerprint density at radius 2 is 1.91 bits per heavy atom. The van der Waals surface area contributed by atoms with Gasteiger partial charge in [-0.2, -0.15) is 5.10 Å². The summed E-state index contributed by atoms with van der Waals surface area (Å²) in [5.41, 5.74) is 2.14. The second kappa shape index (κ2) is 10.3. The first-order valence-electron chi connectivity index (χ1n) is 12.1. The fourth-order valence-corrected chi connectivity index (χ4v) is 4.80. The molecule has 0 spiro atoms. The molecule has 4 aromatic rings. The van der Waals surface area contributed by atoms with Gasteiger partial charge in [0.1, 0.15) is 18.1 Å². The Bertz CT molecular complexity index is 1260. The van der Waals surface area contributed by atoms with Gasteiger partial charge in [-0.15, -0.1) is 10.2 Å². The fourth-order valence-electron chi connectivity index (χ4n) is 4.80.